The van der Waals surface area contributed by atoms with Gasteiger partial charge >= 0.3 is 0 Å². The van der Waals surface area contributed by atoms with Crippen LogP contribution in [-0.2, 0) is 9.47 Å². The zero-order chi connectivity index (χ0) is 11.7. The molecule has 0 aromatic heterocycles. The van der Waals surface area contributed by atoms with Crippen molar-refractivity contribution in [1.82, 2.24) is 5.32 Å². The molecule has 0 aliphatic carbocycles. The molecule has 0 spiro atoms. The average Bonchev–Trinajstić information content (AvgIpc) is 2.07. The molecule has 0 rings (SSSR count). The predicted octanol–water partition coefficient (Wildman–Crippen LogP) is 2.06. The predicted molar refractivity (Wildman–Crippen MR) is 64.2 cm³/mol. The van der Waals surface area contributed by atoms with Crippen molar-refractivity contribution in [2.75, 3.05) is 32.9 Å². The molecule has 0 bridgehead atoms. The van der Waals surface area contributed by atoms with E-state index < -0.39 is 0 Å². The van der Waals surface area contributed by atoms with Crippen molar-refractivity contribution in [3.63, 3.8) is 0 Å². The third kappa shape index (κ3) is 13.9. The van der Waals surface area contributed by atoms with E-state index in [2.05, 4.69) is 39.9 Å². The van der Waals surface area contributed by atoms with Gasteiger partial charge in [-0.25, -0.2) is 0 Å². The van der Waals surface area contributed by atoms with Crippen molar-refractivity contribution >= 4 is 0 Å². The topological polar surface area (TPSA) is 30.5 Å². The van der Waals surface area contributed by atoms with Gasteiger partial charge in [-0.3, -0.25) is 0 Å². The molecule has 15 heavy (non-hydrogen) atoms. The number of rotatable bonds is 8. The highest BCUT2D eigenvalue weighted by Gasteiger charge is 2.08. The lowest BCUT2D eigenvalue weighted by atomic mass is 10.2. The fraction of sp³-hybridized carbons (Fsp3) is 1.00. The van der Waals surface area contributed by atoms with Gasteiger partial charge in [-0.05, 0) is 33.2 Å². The second-order valence-electron chi connectivity index (χ2n) is 5.17. The van der Waals surface area contributed by atoms with Crippen LogP contribution in [0.2, 0.25) is 0 Å². The molecule has 92 valence electrons. The molecule has 0 heterocycles. The molecule has 0 atom stereocenters. The van der Waals surface area contributed by atoms with Crippen molar-refractivity contribution in [1.29, 1.82) is 0 Å². The van der Waals surface area contributed by atoms with Crippen molar-refractivity contribution in [2.24, 2.45) is 5.92 Å². The van der Waals surface area contributed by atoms with Crippen LogP contribution in [0.3, 0.4) is 0 Å². The monoisotopic (exact) mass is 217 g/mol. The van der Waals surface area contributed by atoms with Crippen molar-refractivity contribution < 1.29 is 9.47 Å². The van der Waals surface area contributed by atoms with Crippen LogP contribution >= 0.6 is 0 Å². The maximum Gasteiger partial charge on any atom is 0.0707 e. The summed E-state index contributed by atoms with van der Waals surface area (Å²) >= 11 is 0. The van der Waals surface area contributed by atoms with Gasteiger partial charge < -0.3 is 14.8 Å². The van der Waals surface area contributed by atoms with E-state index in [9.17, 15) is 0 Å². The molecule has 3 nitrogen and oxygen atoms in total. The third-order valence-electron chi connectivity index (χ3n) is 1.74. The van der Waals surface area contributed by atoms with Crippen molar-refractivity contribution in [2.45, 2.75) is 40.2 Å². The minimum absolute atomic E-state index is 0.0563. The highest BCUT2D eigenvalue weighted by atomic mass is 16.5. The third-order valence-corrected chi connectivity index (χ3v) is 1.74. The quantitative estimate of drug-likeness (QED) is 0.631. The summed E-state index contributed by atoms with van der Waals surface area (Å²) in [5.41, 5.74) is -0.0563. The van der Waals surface area contributed by atoms with Gasteiger partial charge in [-0.15, -0.1) is 0 Å². The second kappa shape index (κ2) is 8.08. The van der Waals surface area contributed by atoms with E-state index in [1.165, 1.54) is 0 Å². The minimum Gasteiger partial charge on any atom is -0.378 e. The molecule has 0 aromatic carbocycles. The molecule has 0 saturated carbocycles. The molecule has 0 fully saturated rings. The van der Waals surface area contributed by atoms with Crippen LogP contribution in [0.15, 0.2) is 0 Å². The summed E-state index contributed by atoms with van der Waals surface area (Å²) < 4.78 is 11.0. The number of hydrogen-bond acceptors (Lipinski definition) is 3. The van der Waals surface area contributed by atoms with Crippen LogP contribution in [0.4, 0.5) is 0 Å². The van der Waals surface area contributed by atoms with Gasteiger partial charge in [0.05, 0.1) is 25.4 Å². The van der Waals surface area contributed by atoms with Gasteiger partial charge in [-0.1, -0.05) is 13.8 Å². The Hall–Kier alpha value is -0.120. The SMILES string of the molecule is CC(C)CNCCOCCOC(C)(C)C. The van der Waals surface area contributed by atoms with Crippen LogP contribution in [0.5, 0.6) is 0 Å². The Kier molecular flexibility index (Phi) is 8.02. The first-order valence-corrected chi connectivity index (χ1v) is 5.84. The Balaban J connectivity index is 3.06. The van der Waals surface area contributed by atoms with Crippen molar-refractivity contribution in [3.8, 4) is 0 Å². The summed E-state index contributed by atoms with van der Waals surface area (Å²) in [7, 11) is 0. The zero-order valence-electron chi connectivity index (χ0n) is 10.9. The maximum absolute atomic E-state index is 5.53. The van der Waals surface area contributed by atoms with Crippen molar-refractivity contribution in [3.05, 3.63) is 0 Å². The summed E-state index contributed by atoms with van der Waals surface area (Å²) in [4.78, 5) is 0. The van der Waals surface area contributed by atoms with E-state index in [1.54, 1.807) is 0 Å². The van der Waals surface area contributed by atoms with Gasteiger partial charge in [0, 0.05) is 6.54 Å². The summed E-state index contributed by atoms with van der Waals surface area (Å²) in [6.45, 7) is 14.7. The Morgan fingerprint density at radius 2 is 1.73 bits per heavy atom. The molecule has 0 aliphatic rings. The summed E-state index contributed by atoms with van der Waals surface area (Å²) in [5.74, 6) is 0.703. The lowest BCUT2D eigenvalue weighted by Gasteiger charge is -2.19. The fourth-order valence-corrected chi connectivity index (χ4v) is 1.04. The summed E-state index contributed by atoms with van der Waals surface area (Å²) in [5, 5.41) is 3.33. The van der Waals surface area contributed by atoms with E-state index in [1.807, 2.05) is 0 Å². The number of hydrogen-bond donors (Lipinski definition) is 1. The zero-order valence-corrected chi connectivity index (χ0v) is 10.9. The second-order valence-corrected chi connectivity index (χ2v) is 5.17. The van der Waals surface area contributed by atoms with E-state index in [-0.39, 0.29) is 5.60 Å². The van der Waals surface area contributed by atoms with E-state index >= 15 is 0 Å². The lowest BCUT2D eigenvalue weighted by Crippen LogP contribution is -2.25. The molecule has 0 radical (unpaired) electrons. The lowest BCUT2D eigenvalue weighted by molar-refractivity contribution is -0.0343. The van der Waals surface area contributed by atoms with E-state index in [0.29, 0.717) is 19.1 Å². The standard InChI is InChI=1S/C12H27NO2/c1-11(2)10-13-6-7-14-8-9-15-12(3,4)5/h11,13H,6-10H2,1-5H3. The summed E-state index contributed by atoms with van der Waals surface area (Å²) in [6, 6.07) is 0. The molecule has 0 unspecified atom stereocenters. The first-order chi connectivity index (χ1) is 6.92. The maximum atomic E-state index is 5.53. The molecule has 0 amide bonds. The average molecular weight is 217 g/mol. The van der Waals surface area contributed by atoms with Gasteiger partial charge in [0.15, 0.2) is 0 Å². The first-order valence-electron chi connectivity index (χ1n) is 5.84. The van der Waals surface area contributed by atoms with Gasteiger partial charge in [0.2, 0.25) is 0 Å². The molecular weight excluding hydrogens is 190 g/mol. The largest absolute Gasteiger partial charge is 0.378 e. The highest BCUT2D eigenvalue weighted by Crippen LogP contribution is 2.05. The molecular formula is C12H27NO2. The molecule has 3 heteroatoms. The molecule has 0 aliphatic heterocycles. The van der Waals surface area contributed by atoms with Gasteiger partial charge in [0.25, 0.3) is 0 Å². The Labute approximate surface area is 94.5 Å². The highest BCUT2D eigenvalue weighted by molar-refractivity contribution is 4.58. The van der Waals surface area contributed by atoms with E-state index in [4.69, 9.17) is 9.47 Å². The Morgan fingerprint density at radius 3 is 2.27 bits per heavy atom. The van der Waals surface area contributed by atoms with Crippen LogP contribution < -0.4 is 5.32 Å². The smallest absolute Gasteiger partial charge is 0.0707 e. The number of nitrogens with one attached hydrogen (secondary N) is 1. The number of ether oxygens (including phenoxy) is 2. The summed E-state index contributed by atoms with van der Waals surface area (Å²) in [6.07, 6.45) is 0. The first kappa shape index (κ1) is 14.9. The Morgan fingerprint density at radius 1 is 1.07 bits per heavy atom. The van der Waals surface area contributed by atoms with E-state index in [0.717, 1.165) is 19.7 Å². The van der Waals surface area contributed by atoms with Gasteiger partial charge in [0.1, 0.15) is 0 Å². The molecule has 1 N–H and O–H groups in total. The Bertz CT molecular complexity index is 141. The molecule has 0 saturated heterocycles. The minimum atomic E-state index is -0.0563. The van der Waals surface area contributed by atoms with Crippen LogP contribution in [0, 0.1) is 5.92 Å². The van der Waals surface area contributed by atoms with Crippen LogP contribution in [-0.4, -0.2) is 38.5 Å². The van der Waals surface area contributed by atoms with Crippen LogP contribution in [0.25, 0.3) is 0 Å². The molecule has 0 aromatic rings. The van der Waals surface area contributed by atoms with Gasteiger partial charge in [-0.2, -0.15) is 0 Å². The fourth-order valence-electron chi connectivity index (χ4n) is 1.04. The van der Waals surface area contributed by atoms with Crippen LogP contribution in [0.1, 0.15) is 34.6 Å². The normalized spacial score (nSPS) is 12.4.